The van der Waals surface area contributed by atoms with Gasteiger partial charge in [-0.1, -0.05) is 28.9 Å². The monoisotopic (exact) mass is 372 g/mol. The molecule has 1 N–H and O–H groups in total. The zero-order valence-corrected chi connectivity index (χ0v) is 15.8. The van der Waals surface area contributed by atoms with Crippen LogP contribution in [0.4, 0.5) is 0 Å². The van der Waals surface area contributed by atoms with E-state index in [0.29, 0.717) is 17.5 Å². The Morgan fingerprint density at radius 2 is 1.96 bits per heavy atom. The average Bonchev–Trinajstić information content (AvgIpc) is 3.37. The number of furan rings is 1. The van der Waals surface area contributed by atoms with Crippen LogP contribution in [0.1, 0.15) is 22.4 Å². The molecule has 140 valence electrons. The number of rotatable bonds is 3. The van der Waals surface area contributed by atoms with E-state index in [-0.39, 0.29) is 0 Å². The van der Waals surface area contributed by atoms with Crippen molar-refractivity contribution in [2.24, 2.45) is 0 Å². The molecule has 6 heteroatoms. The highest BCUT2D eigenvalue weighted by Gasteiger charge is 2.22. The van der Waals surface area contributed by atoms with Crippen LogP contribution in [0.2, 0.25) is 0 Å². The van der Waals surface area contributed by atoms with Crippen LogP contribution in [-0.2, 0) is 13.0 Å². The number of hydrogen-bond donors (Lipinski definition) is 1. The third-order valence-electron chi connectivity index (χ3n) is 5.10. The maximum Gasteiger partial charge on any atom is 0.293 e. The van der Waals surface area contributed by atoms with E-state index in [0.717, 1.165) is 42.1 Å². The van der Waals surface area contributed by atoms with Gasteiger partial charge in [-0.3, -0.25) is 4.98 Å². The van der Waals surface area contributed by atoms with Crippen molar-refractivity contribution in [1.82, 2.24) is 20.4 Å². The molecular weight excluding hydrogens is 352 g/mol. The van der Waals surface area contributed by atoms with E-state index in [2.05, 4.69) is 39.5 Å². The van der Waals surface area contributed by atoms with Gasteiger partial charge >= 0.3 is 0 Å². The van der Waals surface area contributed by atoms with Crippen LogP contribution in [0.5, 0.6) is 0 Å². The molecular formula is C22H20N4O2. The molecule has 5 rings (SSSR count). The summed E-state index contributed by atoms with van der Waals surface area (Å²) < 4.78 is 11.5. The predicted octanol–water partition coefficient (Wildman–Crippen LogP) is 4.32. The van der Waals surface area contributed by atoms with Gasteiger partial charge in [0, 0.05) is 29.6 Å². The molecule has 4 aromatic rings. The summed E-state index contributed by atoms with van der Waals surface area (Å²) >= 11 is 0. The van der Waals surface area contributed by atoms with Gasteiger partial charge in [0.2, 0.25) is 5.82 Å². The summed E-state index contributed by atoms with van der Waals surface area (Å²) in [5.74, 6) is 2.28. The van der Waals surface area contributed by atoms with Gasteiger partial charge in [-0.15, -0.1) is 0 Å². The first-order chi connectivity index (χ1) is 13.7. The van der Waals surface area contributed by atoms with E-state index in [1.54, 1.807) is 0 Å². The smallest absolute Gasteiger partial charge is 0.293 e. The zero-order chi connectivity index (χ0) is 19.1. The number of nitrogens with zero attached hydrogens (tertiary/aromatic N) is 3. The lowest BCUT2D eigenvalue weighted by Crippen LogP contribution is -2.24. The van der Waals surface area contributed by atoms with Crippen molar-refractivity contribution < 1.29 is 8.94 Å². The van der Waals surface area contributed by atoms with Gasteiger partial charge < -0.3 is 14.3 Å². The maximum atomic E-state index is 5.98. The fraction of sp³-hybridized carbons (Fsp3) is 0.227. The number of pyridine rings is 1. The van der Waals surface area contributed by atoms with Crippen LogP contribution in [0.15, 0.2) is 51.5 Å². The number of nitrogens with one attached hydrogen (secondary N) is 1. The summed E-state index contributed by atoms with van der Waals surface area (Å²) in [4.78, 5) is 9.13. The van der Waals surface area contributed by atoms with Gasteiger partial charge in [-0.2, -0.15) is 4.98 Å². The van der Waals surface area contributed by atoms with Crippen molar-refractivity contribution in [1.29, 1.82) is 0 Å². The van der Waals surface area contributed by atoms with Crippen LogP contribution in [0.25, 0.3) is 34.4 Å². The first kappa shape index (κ1) is 16.9. The number of fused-ring (bicyclic) bond motifs is 1. The maximum absolute atomic E-state index is 5.98. The first-order valence-corrected chi connectivity index (χ1v) is 9.38. The number of benzene rings is 1. The Morgan fingerprint density at radius 3 is 2.86 bits per heavy atom. The van der Waals surface area contributed by atoms with Gasteiger partial charge in [0.05, 0.1) is 0 Å². The third kappa shape index (κ3) is 2.92. The molecule has 1 aromatic carbocycles. The Labute approximate surface area is 162 Å². The first-order valence-electron chi connectivity index (χ1n) is 9.38. The Hall–Kier alpha value is -3.25. The van der Waals surface area contributed by atoms with Gasteiger partial charge in [0.15, 0.2) is 5.76 Å². The summed E-state index contributed by atoms with van der Waals surface area (Å²) in [5, 5.41) is 7.59. The summed E-state index contributed by atoms with van der Waals surface area (Å²) in [6.07, 6.45) is 2.86. The molecule has 0 saturated carbocycles. The highest BCUT2D eigenvalue weighted by Crippen LogP contribution is 2.32. The molecule has 0 unspecified atom stereocenters. The van der Waals surface area contributed by atoms with Crippen molar-refractivity contribution in [3.63, 3.8) is 0 Å². The number of aromatic nitrogens is 3. The molecule has 0 atom stereocenters. The highest BCUT2D eigenvalue weighted by molar-refractivity contribution is 5.67. The fourth-order valence-corrected chi connectivity index (χ4v) is 3.70. The molecule has 0 radical (unpaired) electrons. The third-order valence-corrected chi connectivity index (χ3v) is 5.10. The Balaban J connectivity index is 1.51. The van der Waals surface area contributed by atoms with E-state index in [1.165, 1.54) is 16.7 Å². The average molecular weight is 372 g/mol. The lowest BCUT2D eigenvalue weighted by molar-refractivity contribution is 0.418. The Morgan fingerprint density at radius 1 is 1.07 bits per heavy atom. The number of aryl methyl sites for hydroxylation is 2. The minimum atomic E-state index is 0.375. The summed E-state index contributed by atoms with van der Waals surface area (Å²) in [6, 6.07) is 12.0. The topological polar surface area (TPSA) is 77.0 Å². The lowest BCUT2D eigenvalue weighted by atomic mass is 9.95. The van der Waals surface area contributed by atoms with E-state index >= 15 is 0 Å². The molecule has 1 aliphatic rings. The Bertz CT molecular complexity index is 1160. The van der Waals surface area contributed by atoms with Crippen LogP contribution in [0, 0.1) is 13.8 Å². The molecule has 0 aliphatic carbocycles. The van der Waals surface area contributed by atoms with Gasteiger partial charge in [0.25, 0.3) is 5.89 Å². The van der Waals surface area contributed by atoms with Crippen LogP contribution < -0.4 is 5.32 Å². The molecule has 0 spiro atoms. The van der Waals surface area contributed by atoms with Gasteiger partial charge in [-0.05, 0) is 56.1 Å². The minimum Gasteiger partial charge on any atom is -0.451 e. The standard InChI is InChI=1S/C22H20N4O2/c1-13-4-3-5-15(10-13)18-6-7-19(27-18)22-25-21(26-28-22)20-14(2)24-12-16-11-23-9-8-17(16)20/h3-7,10,12,23H,8-9,11H2,1-2H3. The normalized spacial score (nSPS) is 13.5. The van der Waals surface area contributed by atoms with Gasteiger partial charge in [0.1, 0.15) is 5.76 Å². The number of hydrogen-bond acceptors (Lipinski definition) is 6. The van der Waals surface area contributed by atoms with E-state index < -0.39 is 0 Å². The summed E-state index contributed by atoms with van der Waals surface area (Å²) in [6.45, 7) is 5.80. The quantitative estimate of drug-likeness (QED) is 0.577. The lowest BCUT2D eigenvalue weighted by Gasteiger charge is -2.19. The predicted molar refractivity (Wildman–Crippen MR) is 106 cm³/mol. The fourth-order valence-electron chi connectivity index (χ4n) is 3.70. The SMILES string of the molecule is Cc1cccc(-c2ccc(-c3nc(-c4c(C)ncc5c4CCNC5)no3)o2)c1. The van der Waals surface area contributed by atoms with E-state index in [9.17, 15) is 0 Å². The van der Waals surface area contributed by atoms with Crippen molar-refractivity contribution >= 4 is 0 Å². The van der Waals surface area contributed by atoms with Crippen LogP contribution >= 0.6 is 0 Å². The highest BCUT2D eigenvalue weighted by atomic mass is 16.5. The minimum absolute atomic E-state index is 0.375. The molecule has 6 nitrogen and oxygen atoms in total. The van der Waals surface area contributed by atoms with Crippen molar-refractivity contribution in [2.75, 3.05) is 6.54 Å². The largest absolute Gasteiger partial charge is 0.451 e. The second kappa shape index (κ2) is 6.73. The van der Waals surface area contributed by atoms with Crippen LogP contribution in [0.3, 0.4) is 0 Å². The molecule has 1 aliphatic heterocycles. The van der Waals surface area contributed by atoms with Gasteiger partial charge in [-0.25, -0.2) is 0 Å². The molecule has 0 saturated heterocycles. The summed E-state index contributed by atoms with van der Waals surface area (Å²) in [5.41, 5.74) is 6.53. The Kier molecular flexibility index (Phi) is 4.06. The molecule has 0 amide bonds. The van der Waals surface area contributed by atoms with E-state index in [4.69, 9.17) is 8.94 Å². The van der Waals surface area contributed by atoms with Crippen LogP contribution in [-0.4, -0.2) is 21.7 Å². The second-order valence-corrected chi connectivity index (χ2v) is 7.11. The zero-order valence-electron chi connectivity index (χ0n) is 15.8. The molecule has 28 heavy (non-hydrogen) atoms. The second-order valence-electron chi connectivity index (χ2n) is 7.11. The van der Waals surface area contributed by atoms with Crippen molar-refractivity contribution in [3.8, 4) is 34.4 Å². The molecule has 0 bridgehead atoms. The molecule has 3 aromatic heterocycles. The molecule has 0 fully saturated rings. The van der Waals surface area contributed by atoms with E-state index in [1.807, 2.05) is 37.4 Å². The van der Waals surface area contributed by atoms with Crippen molar-refractivity contribution in [3.05, 3.63) is 65.0 Å². The molecule has 4 heterocycles. The summed E-state index contributed by atoms with van der Waals surface area (Å²) in [7, 11) is 0. The van der Waals surface area contributed by atoms with Crippen molar-refractivity contribution in [2.45, 2.75) is 26.8 Å².